The standard InChI is InChI=1S/C56H40BN3O/c1-6-19-39(20-7-1)41-35-42(40-21-8-2-9-22-40)37-47(36-41)60-51-31-18-30-50-54(51)57(56-55(60)48-29-16-17-32-53(48)61-56)49-34-33-46(38-52(49)59(50)45-27-14-5-15-28-45)58(43-23-10-3-11-24-43)44-25-12-4-13-26-44/h1-38,48,53H. The Morgan fingerprint density at radius 3 is 1.61 bits per heavy atom. The maximum atomic E-state index is 7.29. The molecule has 0 amide bonds. The Morgan fingerprint density at radius 1 is 0.426 bits per heavy atom. The molecule has 8 aromatic rings. The van der Waals surface area contributed by atoms with Gasteiger partial charge in [0.2, 0.25) is 0 Å². The summed E-state index contributed by atoms with van der Waals surface area (Å²) in [6.45, 7) is -0.123. The van der Waals surface area contributed by atoms with E-state index in [2.05, 4.69) is 245 Å². The first kappa shape index (κ1) is 35.2. The van der Waals surface area contributed by atoms with Crippen molar-refractivity contribution in [2.75, 3.05) is 14.7 Å². The van der Waals surface area contributed by atoms with E-state index in [9.17, 15) is 0 Å². The highest BCUT2D eigenvalue weighted by Gasteiger charge is 2.51. The second-order valence-corrected chi connectivity index (χ2v) is 16.0. The molecule has 3 heterocycles. The molecule has 0 fully saturated rings. The van der Waals surface area contributed by atoms with E-state index in [1.165, 1.54) is 44.6 Å². The lowest BCUT2D eigenvalue weighted by molar-refractivity contribution is 0.180. The number of nitrogens with zero attached hydrogens (tertiary/aromatic N) is 3. The third-order valence-corrected chi connectivity index (χ3v) is 12.5. The quantitative estimate of drug-likeness (QED) is 0.150. The Balaban J connectivity index is 1.12. The van der Waals surface area contributed by atoms with Crippen LogP contribution in [0.4, 0.5) is 45.5 Å². The molecule has 2 atom stereocenters. The summed E-state index contributed by atoms with van der Waals surface area (Å²) in [7, 11) is 0. The van der Waals surface area contributed by atoms with Crippen LogP contribution in [0.5, 0.6) is 0 Å². The summed E-state index contributed by atoms with van der Waals surface area (Å²) < 4.78 is 7.29. The molecule has 0 bridgehead atoms. The number of allylic oxidation sites excluding steroid dienone is 2. The Labute approximate surface area is 357 Å². The fourth-order valence-electron chi connectivity index (χ4n) is 9.89. The van der Waals surface area contributed by atoms with Crippen LogP contribution in [0.2, 0.25) is 0 Å². The van der Waals surface area contributed by atoms with Gasteiger partial charge in [-0.25, -0.2) is 0 Å². The van der Waals surface area contributed by atoms with Gasteiger partial charge in [-0.3, -0.25) is 0 Å². The van der Waals surface area contributed by atoms with Gasteiger partial charge in [0.05, 0.1) is 17.3 Å². The molecule has 0 spiro atoms. The molecule has 8 aromatic carbocycles. The highest BCUT2D eigenvalue weighted by molar-refractivity contribution is 6.94. The molecule has 3 aliphatic heterocycles. The SMILES string of the molecule is C1=CC2OC3=C(C2C=C1)N(c1cc(-c2ccccc2)cc(-c2ccccc2)c1)c1cccc2c1B3c1ccc(N(c3ccccc3)c3ccccc3)cc1N2c1ccccc1. The Bertz CT molecular complexity index is 2930. The minimum absolute atomic E-state index is 0.0406. The number of anilines is 8. The van der Waals surface area contributed by atoms with Gasteiger partial charge < -0.3 is 19.4 Å². The van der Waals surface area contributed by atoms with E-state index in [-0.39, 0.29) is 18.7 Å². The molecule has 4 nitrogen and oxygen atoms in total. The zero-order valence-corrected chi connectivity index (χ0v) is 33.4. The first-order valence-corrected chi connectivity index (χ1v) is 21.1. The van der Waals surface area contributed by atoms with Crippen LogP contribution in [-0.2, 0) is 4.74 Å². The zero-order valence-electron chi connectivity index (χ0n) is 33.4. The predicted molar refractivity (Wildman–Crippen MR) is 254 cm³/mol. The van der Waals surface area contributed by atoms with Gasteiger partial charge in [-0.1, -0.05) is 146 Å². The number of hydrogen-bond donors (Lipinski definition) is 0. The minimum Gasteiger partial charge on any atom is -0.497 e. The topological polar surface area (TPSA) is 19.0 Å². The third-order valence-electron chi connectivity index (χ3n) is 12.5. The van der Waals surface area contributed by atoms with Gasteiger partial charge in [-0.2, -0.15) is 0 Å². The van der Waals surface area contributed by atoms with Gasteiger partial charge in [0.1, 0.15) is 6.10 Å². The van der Waals surface area contributed by atoms with E-state index >= 15 is 0 Å². The second kappa shape index (κ2) is 14.5. The fourth-order valence-corrected chi connectivity index (χ4v) is 9.89. The van der Waals surface area contributed by atoms with Crippen molar-refractivity contribution in [3.05, 3.63) is 242 Å². The van der Waals surface area contributed by atoms with Crippen molar-refractivity contribution in [2.45, 2.75) is 6.10 Å². The fraction of sp³-hybridized carbons (Fsp3) is 0.0357. The van der Waals surface area contributed by atoms with Crippen molar-refractivity contribution >= 4 is 63.1 Å². The second-order valence-electron chi connectivity index (χ2n) is 16.0. The molecule has 288 valence electrons. The molecule has 0 N–H and O–H groups in total. The molecule has 1 aliphatic carbocycles. The summed E-state index contributed by atoms with van der Waals surface area (Å²) in [6.07, 6.45) is 8.76. The van der Waals surface area contributed by atoms with E-state index in [0.29, 0.717) is 0 Å². The van der Waals surface area contributed by atoms with E-state index in [4.69, 9.17) is 4.74 Å². The Morgan fingerprint density at radius 2 is 0.984 bits per heavy atom. The molecular formula is C56H40BN3O. The monoisotopic (exact) mass is 781 g/mol. The highest BCUT2D eigenvalue weighted by Crippen LogP contribution is 2.51. The van der Waals surface area contributed by atoms with Crippen molar-refractivity contribution in [3.8, 4) is 22.3 Å². The number of fused-ring (bicyclic) bond motifs is 5. The van der Waals surface area contributed by atoms with Crippen LogP contribution in [0.15, 0.2) is 242 Å². The van der Waals surface area contributed by atoms with Crippen molar-refractivity contribution in [1.82, 2.24) is 0 Å². The highest BCUT2D eigenvalue weighted by atomic mass is 16.5. The molecule has 5 heteroatoms. The third kappa shape index (κ3) is 5.84. The largest absolute Gasteiger partial charge is 0.497 e. The molecule has 12 rings (SSSR count). The summed E-state index contributed by atoms with van der Waals surface area (Å²) in [6, 6.07) is 74.5. The van der Waals surface area contributed by atoms with Crippen molar-refractivity contribution < 1.29 is 4.74 Å². The maximum Gasteiger partial charge on any atom is 0.296 e. The average molecular weight is 782 g/mol. The number of hydrogen-bond acceptors (Lipinski definition) is 4. The van der Waals surface area contributed by atoms with E-state index in [0.717, 1.165) is 45.5 Å². The van der Waals surface area contributed by atoms with Crippen molar-refractivity contribution in [1.29, 1.82) is 0 Å². The molecule has 2 unspecified atom stereocenters. The normalized spacial score (nSPS) is 16.7. The number of rotatable bonds is 7. The number of ether oxygens (including phenoxy) is 1. The summed E-state index contributed by atoms with van der Waals surface area (Å²) in [4.78, 5) is 7.33. The van der Waals surface area contributed by atoms with Gasteiger partial charge in [-0.05, 0) is 118 Å². The Hall–Kier alpha value is -7.76. The lowest BCUT2D eigenvalue weighted by Crippen LogP contribution is -2.56. The Kier molecular flexibility index (Phi) is 8.37. The summed E-state index contributed by atoms with van der Waals surface area (Å²) in [5, 5.41) is 0. The molecule has 0 saturated heterocycles. The van der Waals surface area contributed by atoms with Gasteiger partial charge in [0, 0.05) is 45.5 Å². The first-order chi connectivity index (χ1) is 30.3. The summed E-state index contributed by atoms with van der Waals surface area (Å²) in [5.74, 6) is 0.0406. The first-order valence-electron chi connectivity index (χ1n) is 21.1. The molecule has 0 radical (unpaired) electrons. The maximum absolute atomic E-state index is 7.29. The van der Waals surface area contributed by atoms with Crippen LogP contribution in [0.3, 0.4) is 0 Å². The molecule has 0 aromatic heterocycles. The summed E-state index contributed by atoms with van der Waals surface area (Å²) >= 11 is 0. The van der Waals surface area contributed by atoms with E-state index in [1.54, 1.807) is 0 Å². The summed E-state index contributed by atoms with van der Waals surface area (Å²) in [5.41, 5.74) is 18.3. The van der Waals surface area contributed by atoms with Gasteiger partial charge in [0.15, 0.2) is 0 Å². The van der Waals surface area contributed by atoms with Crippen LogP contribution >= 0.6 is 0 Å². The lowest BCUT2D eigenvalue weighted by Gasteiger charge is -2.43. The smallest absolute Gasteiger partial charge is 0.296 e. The van der Waals surface area contributed by atoms with E-state index < -0.39 is 0 Å². The van der Waals surface area contributed by atoms with E-state index in [1.807, 2.05) is 0 Å². The van der Waals surface area contributed by atoms with Crippen molar-refractivity contribution in [2.24, 2.45) is 5.92 Å². The van der Waals surface area contributed by atoms with Crippen LogP contribution in [0.1, 0.15) is 0 Å². The number of benzene rings is 8. The van der Waals surface area contributed by atoms with Gasteiger partial charge >= 0.3 is 0 Å². The number of para-hydroxylation sites is 3. The van der Waals surface area contributed by atoms with Crippen LogP contribution in [-0.4, -0.2) is 12.8 Å². The molecule has 61 heavy (non-hydrogen) atoms. The minimum atomic E-state index is -0.123. The lowest BCUT2D eigenvalue weighted by atomic mass is 9.35. The van der Waals surface area contributed by atoms with Crippen LogP contribution in [0.25, 0.3) is 22.3 Å². The van der Waals surface area contributed by atoms with Gasteiger partial charge in [0.25, 0.3) is 6.71 Å². The van der Waals surface area contributed by atoms with Gasteiger partial charge in [-0.15, -0.1) is 0 Å². The molecular weight excluding hydrogens is 741 g/mol. The van der Waals surface area contributed by atoms with Crippen molar-refractivity contribution in [3.63, 3.8) is 0 Å². The van der Waals surface area contributed by atoms with Crippen LogP contribution in [0, 0.1) is 5.92 Å². The molecule has 0 saturated carbocycles. The average Bonchev–Trinajstić information content (AvgIpc) is 3.72. The zero-order chi connectivity index (χ0) is 40.3. The molecule has 4 aliphatic rings. The van der Waals surface area contributed by atoms with Crippen LogP contribution < -0.4 is 25.6 Å². The predicted octanol–water partition coefficient (Wildman–Crippen LogP) is 12.9.